The van der Waals surface area contributed by atoms with E-state index in [-0.39, 0.29) is 5.91 Å². The largest absolute Gasteiger partial charge is 0.365 e. The number of aromatic amines is 1. The number of benzene rings is 1. The molecule has 2 aromatic rings. The lowest BCUT2D eigenvalue weighted by atomic mass is 10.1. The lowest BCUT2D eigenvalue weighted by Gasteiger charge is -2.17. The van der Waals surface area contributed by atoms with Crippen LogP contribution in [-0.2, 0) is 13.0 Å². The minimum Gasteiger partial charge on any atom is -0.365 e. The highest BCUT2D eigenvalue weighted by molar-refractivity contribution is 5.94. The van der Waals surface area contributed by atoms with Crippen LogP contribution < -0.4 is 5.73 Å². The number of amides is 1. The van der Waals surface area contributed by atoms with Crippen LogP contribution in [0.15, 0.2) is 42.6 Å². The van der Waals surface area contributed by atoms with E-state index in [9.17, 15) is 4.79 Å². The van der Waals surface area contributed by atoms with Crippen molar-refractivity contribution < 1.29 is 4.79 Å². The van der Waals surface area contributed by atoms with E-state index in [1.807, 2.05) is 49.6 Å². The van der Waals surface area contributed by atoms with Gasteiger partial charge in [-0.25, -0.2) is 0 Å². The molecule has 1 aromatic heterocycles. The van der Waals surface area contributed by atoms with Crippen LogP contribution >= 0.6 is 0 Å². The molecule has 4 nitrogen and oxygen atoms in total. The Morgan fingerprint density at radius 3 is 2.58 bits per heavy atom. The first kappa shape index (κ1) is 13.4. The fraction of sp³-hybridized carbons (Fsp3) is 0.267. The van der Waals surface area contributed by atoms with Gasteiger partial charge in [0.05, 0.1) is 0 Å². The third kappa shape index (κ3) is 3.45. The van der Waals surface area contributed by atoms with Crippen LogP contribution in [0.1, 0.15) is 21.6 Å². The fourth-order valence-electron chi connectivity index (χ4n) is 1.92. The molecule has 0 saturated carbocycles. The molecule has 4 heteroatoms. The third-order valence-electron chi connectivity index (χ3n) is 3.16. The number of hydrogen-bond donors (Lipinski definition) is 2. The molecular formula is C15H19N3O. The average Bonchev–Trinajstić information content (AvgIpc) is 2.97. The van der Waals surface area contributed by atoms with Crippen LogP contribution in [0.25, 0.3) is 0 Å². The van der Waals surface area contributed by atoms with E-state index in [0.717, 1.165) is 17.7 Å². The predicted octanol–water partition coefficient (Wildman–Crippen LogP) is 1.79. The van der Waals surface area contributed by atoms with Crippen molar-refractivity contribution in [1.29, 1.82) is 0 Å². The number of likely N-dealkylation sites (N-methyl/N-ethyl adjacent to an activating group) is 1. The van der Waals surface area contributed by atoms with Crippen molar-refractivity contribution in [3.63, 3.8) is 0 Å². The standard InChI is InChI=1S/C15H19N3O/c1-18(10-8-14-3-2-9-17-14)15(19)13-6-4-12(11-16)5-7-13/h2-7,9,17H,8,10-11,16H2,1H3. The minimum absolute atomic E-state index is 0.0372. The number of carbonyl (C=O) groups excluding carboxylic acids is 1. The van der Waals surface area contributed by atoms with Crippen LogP contribution in [0.2, 0.25) is 0 Å². The third-order valence-corrected chi connectivity index (χ3v) is 3.16. The Morgan fingerprint density at radius 1 is 1.26 bits per heavy atom. The topological polar surface area (TPSA) is 62.1 Å². The molecule has 0 radical (unpaired) electrons. The number of rotatable bonds is 5. The van der Waals surface area contributed by atoms with E-state index in [2.05, 4.69) is 4.98 Å². The Bertz CT molecular complexity index is 517. The van der Waals surface area contributed by atoms with Crippen LogP contribution in [-0.4, -0.2) is 29.4 Å². The molecule has 1 amide bonds. The Kier molecular flexibility index (Phi) is 4.36. The SMILES string of the molecule is CN(CCc1ccc[nH]1)C(=O)c1ccc(CN)cc1. The molecular weight excluding hydrogens is 238 g/mol. The number of nitrogens with one attached hydrogen (secondary N) is 1. The summed E-state index contributed by atoms with van der Waals surface area (Å²) in [6, 6.07) is 11.4. The van der Waals surface area contributed by atoms with Crippen LogP contribution in [0.5, 0.6) is 0 Å². The summed E-state index contributed by atoms with van der Waals surface area (Å²) < 4.78 is 0. The molecule has 0 saturated heterocycles. The van der Waals surface area contributed by atoms with Gasteiger partial charge in [-0.2, -0.15) is 0 Å². The van der Waals surface area contributed by atoms with Crippen molar-refractivity contribution in [3.05, 3.63) is 59.4 Å². The summed E-state index contributed by atoms with van der Waals surface area (Å²) in [5.74, 6) is 0.0372. The van der Waals surface area contributed by atoms with E-state index < -0.39 is 0 Å². The van der Waals surface area contributed by atoms with Crippen molar-refractivity contribution in [1.82, 2.24) is 9.88 Å². The Labute approximate surface area is 113 Å². The maximum atomic E-state index is 12.2. The first-order valence-corrected chi connectivity index (χ1v) is 6.37. The zero-order chi connectivity index (χ0) is 13.7. The molecule has 1 aromatic carbocycles. The summed E-state index contributed by atoms with van der Waals surface area (Å²) in [6.45, 7) is 1.19. The van der Waals surface area contributed by atoms with Gasteiger partial charge in [-0.15, -0.1) is 0 Å². The van der Waals surface area contributed by atoms with E-state index in [1.165, 1.54) is 0 Å². The van der Waals surface area contributed by atoms with Gasteiger partial charge in [0.2, 0.25) is 0 Å². The monoisotopic (exact) mass is 257 g/mol. The van der Waals surface area contributed by atoms with E-state index in [0.29, 0.717) is 18.7 Å². The van der Waals surface area contributed by atoms with E-state index in [1.54, 1.807) is 4.90 Å². The first-order valence-electron chi connectivity index (χ1n) is 6.37. The second kappa shape index (κ2) is 6.20. The molecule has 0 fully saturated rings. The molecule has 0 spiro atoms. The number of H-pyrrole nitrogens is 1. The van der Waals surface area contributed by atoms with E-state index >= 15 is 0 Å². The summed E-state index contributed by atoms with van der Waals surface area (Å²) >= 11 is 0. The van der Waals surface area contributed by atoms with Crippen molar-refractivity contribution in [2.75, 3.05) is 13.6 Å². The quantitative estimate of drug-likeness (QED) is 0.857. The van der Waals surface area contributed by atoms with Crippen molar-refractivity contribution in [2.45, 2.75) is 13.0 Å². The molecule has 0 aliphatic carbocycles. The van der Waals surface area contributed by atoms with Gasteiger partial charge in [0.1, 0.15) is 0 Å². The smallest absolute Gasteiger partial charge is 0.253 e. The predicted molar refractivity (Wildman–Crippen MR) is 75.8 cm³/mol. The summed E-state index contributed by atoms with van der Waals surface area (Å²) in [6.07, 6.45) is 2.72. The highest BCUT2D eigenvalue weighted by Gasteiger charge is 2.11. The molecule has 3 N–H and O–H groups in total. The van der Waals surface area contributed by atoms with Gasteiger partial charge in [-0.1, -0.05) is 12.1 Å². The molecule has 0 unspecified atom stereocenters. The van der Waals surface area contributed by atoms with Gasteiger partial charge in [-0.05, 0) is 29.8 Å². The zero-order valence-corrected chi connectivity index (χ0v) is 11.1. The van der Waals surface area contributed by atoms with Gasteiger partial charge in [0.15, 0.2) is 0 Å². The molecule has 0 atom stereocenters. The summed E-state index contributed by atoms with van der Waals surface area (Å²) in [5.41, 5.74) is 8.41. The van der Waals surface area contributed by atoms with Crippen molar-refractivity contribution >= 4 is 5.91 Å². The summed E-state index contributed by atoms with van der Waals surface area (Å²) in [7, 11) is 1.82. The highest BCUT2D eigenvalue weighted by atomic mass is 16.2. The maximum Gasteiger partial charge on any atom is 0.253 e. The summed E-state index contributed by atoms with van der Waals surface area (Å²) in [4.78, 5) is 17.1. The van der Waals surface area contributed by atoms with Crippen LogP contribution in [0, 0.1) is 0 Å². The zero-order valence-electron chi connectivity index (χ0n) is 11.1. The molecule has 0 aliphatic heterocycles. The van der Waals surface area contributed by atoms with Crippen LogP contribution in [0.3, 0.4) is 0 Å². The van der Waals surface area contributed by atoms with Gasteiger partial charge in [-0.3, -0.25) is 4.79 Å². The van der Waals surface area contributed by atoms with Gasteiger partial charge >= 0.3 is 0 Å². The number of hydrogen-bond acceptors (Lipinski definition) is 2. The number of nitrogens with zero attached hydrogens (tertiary/aromatic N) is 1. The Balaban J connectivity index is 1.94. The van der Waals surface area contributed by atoms with E-state index in [4.69, 9.17) is 5.73 Å². The number of carbonyl (C=O) groups is 1. The normalized spacial score (nSPS) is 10.4. The van der Waals surface area contributed by atoms with Gasteiger partial charge in [0, 0.05) is 44.0 Å². The molecule has 1 heterocycles. The molecule has 0 aliphatic rings. The lowest BCUT2D eigenvalue weighted by molar-refractivity contribution is 0.0796. The highest BCUT2D eigenvalue weighted by Crippen LogP contribution is 2.07. The molecule has 0 bridgehead atoms. The molecule has 100 valence electrons. The van der Waals surface area contributed by atoms with Gasteiger partial charge in [0.25, 0.3) is 5.91 Å². The van der Waals surface area contributed by atoms with Crippen molar-refractivity contribution in [2.24, 2.45) is 5.73 Å². The van der Waals surface area contributed by atoms with Crippen LogP contribution in [0.4, 0.5) is 0 Å². The van der Waals surface area contributed by atoms with Gasteiger partial charge < -0.3 is 15.6 Å². The van der Waals surface area contributed by atoms with Crippen molar-refractivity contribution in [3.8, 4) is 0 Å². The number of aromatic nitrogens is 1. The Hall–Kier alpha value is -2.07. The average molecular weight is 257 g/mol. The number of nitrogens with two attached hydrogens (primary N) is 1. The summed E-state index contributed by atoms with van der Waals surface area (Å²) in [5, 5.41) is 0. The second-order valence-electron chi connectivity index (χ2n) is 4.57. The molecule has 2 rings (SSSR count). The lowest BCUT2D eigenvalue weighted by Crippen LogP contribution is -2.28. The second-order valence-corrected chi connectivity index (χ2v) is 4.57. The fourth-order valence-corrected chi connectivity index (χ4v) is 1.92. The molecule has 19 heavy (non-hydrogen) atoms. The maximum absolute atomic E-state index is 12.2. The first-order chi connectivity index (χ1) is 9.20. The minimum atomic E-state index is 0.0372. The Morgan fingerprint density at radius 2 is 2.00 bits per heavy atom.